The second-order valence-electron chi connectivity index (χ2n) is 4.85. The first-order valence-corrected chi connectivity index (χ1v) is 5.46. The first-order valence-electron chi connectivity index (χ1n) is 5.46. The third-order valence-corrected chi connectivity index (χ3v) is 3.14. The molecule has 4 atom stereocenters. The van der Waals surface area contributed by atoms with Crippen LogP contribution in [-0.4, -0.2) is 47.9 Å². The molecule has 0 unspecified atom stereocenters. The van der Waals surface area contributed by atoms with Crippen LogP contribution in [0.25, 0.3) is 0 Å². The summed E-state index contributed by atoms with van der Waals surface area (Å²) < 4.78 is 16.5. The number of ether oxygens (including phenoxy) is 3. The molecule has 6 nitrogen and oxygen atoms in total. The maximum Gasteiger partial charge on any atom is 0.434 e. The van der Waals surface area contributed by atoms with Crippen molar-refractivity contribution < 1.29 is 23.8 Å². The van der Waals surface area contributed by atoms with Gasteiger partial charge in [0.25, 0.3) is 0 Å². The number of carbonyl (C=O) groups excluding carboxylic acids is 1. The highest BCUT2D eigenvalue weighted by atomic mass is 16.8. The maximum absolute atomic E-state index is 11.4. The van der Waals surface area contributed by atoms with E-state index in [0.29, 0.717) is 6.61 Å². The fraction of sp³-hybridized carbons (Fsp3) is 0.900. The molecule has 0 N–H and O–H groups in total. The number of rotatable bonds is 0. The monoisotopic (exact) mass is 229 g/mol. The van der Waals surface area contributed by atoms with Crippen molar-refractivity contribution in [2.75, 3.05) is 6.61 Å². The molecule has 90 valence electrons. The van der Waals surface area contributed by atoms with E-state index in [-0.39, 0.29) is 24.4 Å². The Balaban J connectivity index is 1.88. The van der Waals surface area contributed by atoms with Crippen molar-refractivity contribution in [1.29, 1.82) is 0 Å². The zero-order valence-corrected chi connectivity index (χ0v) is 9.50. The van der Waals surface area contributed by atoms with E-state index < -0.39 is 11.9 Å². The van der Waals surface area contributed by atoms with Crippen LogP contribution in [0, 0.1) is 0 Å². The van der Waals surface area contributed by atoms with E-state index in [4.69, 9.17) is 19.0 Å². The van der Waals surface area contributed by atoms with Crippen LogP contribution in [0.3, 0.4) is 0 Å². The lowest BCUT2D eigenvalue weighted by molar-refractivity contribution is -0.240. The summed E-state index contributed by atoms with van der Waals surface area (Å²) in [5.74, 6) is -0.630. The third-order valence-electron chi connectivity index (χ3n) is 3.14. The van der Waals surface area contributed by atoms with E-state index in [9.17, 15) is 4.79 Å². The standard InChI is InChI=1S/C10H15NO5/c1-5-7-8(15-10(2,3)14-7)6-4-13-9(12)11(6)16-5/h5-8H,4H2,1-3H3/t5-,6+,7-,8+/m0/s1. The molecule has 3 aliphatic heterocycles. The van der Waals surface area contributed by atoms with Crippen molar-refractivity contribution in [3.63, 3.8) is 0 Å². The molecule has 0 spiro atoms. The van der Waals surface area contributed by atoms with E-state index in [0.717, 1.165) is 0 Å². The average molecular weight is 229 g/mol. The molecule has 1 amide bonds. The summed E-state index contributed by atoms with van der Waals surface area (Å²) in [6, 6.07) is -0.199. The van der Waals surface area contributed by atoms with Gasteiger partial charge >= 0.3 is 6.09 Å². The van der Waals surface area contributed by atoms with E-state index in [1.165, 1.54) is 5.06 Å². The Morgan fingerprint density at radius 1 is 1.31 bits per heavy atom. The number of hydrogen-bond donors (Lipinski definition) is 0. The van der Waals surface area contributed by atoms with E-state index in [1.54, 1.807) is 0 Å². The van der Waals surface area contributed by atoms with Crippen LogP contribution in [-0.2, 0) is 19.0 Å². The average Bonchev–Trinajstić information content (AvgIpc) is 2.68. The molecule has 16 heavy (non-hydrogen) atoms. The maximum atomic E-state index is 11.4. The van der Waals surface area contributed by atoms with Crippen molar-refractivity contribution in [3.05, 3.63) is 0 Å². The minimum Gasteiger partial charge on any atom is -0.445 e. The molecule has 0 aliphatic carbocycles. The number of hydrogen-bond acceptors (Lipinski definition) is 5. The van der Waals surface area contributed by atoms with Crippen LogP contribution < -0.4 is 0 Å². The second kappa shape index (κ2) is 3.09. The van der Waals surface area contributed by atoms with Gasteiger partial charge in [-0.1, -0.05) is 0 Å². The zero-order chi connectivity index (χ0) is 11.5. The molecule has 6 heteroatoms. The number of carbonyl (C=O) groups is 1. The minimum absolute atomic E-state index is 0.147. The molecule has 3 saturated heterocycles. The molecule has 0 aromatic heterocycles. The Hall–Kier alpha value is -0.850. The highest BCUT2D eigenvalue weighted by Crippen LogP contribution is 2.39. The molecule has 3 heterocycles. The van der Waals surface area contributed by atoms with Crippen molar-refractivity contribution in [2.24, 2.45) is 0 Å². The Kier molecular flexibility index (Phi) is 1.99. The largest absolute Gasteiger partial charge is 0.445 e. The first kappa shape index (κ1) is 10.3. The van der Waals surface area contributed by atoms with Crippen molar-refractivity contribution in [1.82, 2.24) is 5.06 Å². The third kappa shape index (κ3) is 1.33. The topological polar surface area (TPSA) is 57.2 Å². The summed E-state index contributed by atoms with van der Waals surface area (Å²) in [6.07, 6.45) is -0.978. The van der Waals surface area contributed by atoms with Gasteiger partial charge in [-0.3, -0.25) is 4.84 Å². The SMILES string of the molecule is C[C@@H]1ON2C(=O)OC[C@@H]2[C@H]2OC(C)(C)O[C@H]21. The summed E-state index contributed by atoms with van der Waals surface area (Å²) in [7, 11) is 0. The van der Waals surface area contributed by atoms with E-state index >= 15 is 0 Å². The van der Waals surface area contributed by atoms with Gasteiger partial charge in [-0.15, -0.1) is 0 Å². The van der Waals surface area contributed by atoms with Crippen LogP contribution >= 0.6 is 0 Å². The van der Waals surface area contributed by atoms with Gasteiger partial charge in [0.15, 0.2) is 5.79 Å². The number of amides is 1. The number of nitrogens with zero attached hydrogens (tertiary/aromatic N) is 1. The molecule has 3 rings (SSSR count). The summed E-state index contributed by atoms with van der Waals surface area (Å²) in [4.78, 5) is 16.9. The van der Waals surface area contributed by atoms with E-state index in [2.05, 4.69) is 0 Å². The Morgan fingerprint density at radius 3 is 2.75 bits per heavy atom. The highest BCUT2D eigenvalue weighted by Gasteiger charge is 2.57. The predicted octanol–water partition coefficient (Wildman–Crippen LogP) is 0.661. The van der Waals surface area contributed by atoms with Gasteiger partial charge in [0, 0.05) is 0 Å². The van der Waals surface area contributed by atoms with Gasteiger partial charge in [0.1, 0.15) is 31.0 Å². The van der Waals surface area contributed by atoms with Crippen LogP contribution in [0.4, 0.5) is 4.79 Å². The number of fused-ring (bicyclic) bond motifs is 3. The summed E-state index contributed by atoms with van der Waals surface area (Å²) in [6.45, 7) is 5.89. The summed E-state index contributed by atoms with van der Waals surface area (Å²) >= 11 is 0. The molecule has 0 saturated carbocycles. The second-order valence-corrected chi connectivity index (χ2v) is 4.85. The molecular weight excluding hydrogens is 214 g/mol. The Labute approximate surface area is 93.3 Å². The van der Waals surface area contributed by atoms with Crippen molar-refractivity contribution in [2.45, 2.75) is 50.9 Å². The molecule has 0 bridgehead atoms. The Morgan fingerprint density at radius 2 is 2.00 bits per heavy atom. The van der Waals surface area contributed by atoms with Crippen molar-refractivity contribution in [3.8, 4) is 0 Å². The number of hydroxylamine groups is 2. The highest BCUT2D eigenvalue weighted by molar-refractivity contribution is 5.69. The fourth-order valence-corrected chi connectivity index (χ4v) is 2.49. The predicted molar refractivity (Wildman–Crippen MR) is 51.3 cm³/mol. The van der Waals surface area contributed by atoms with Gasteiger partial charge < -0.3 is 14.2 Å². The number of cyclic esters (lactones) is 1. The van der Waals surface area contributed by atoms with Crippen LogP contribution in [0.2, 0.25) is 0 Å². The van der Waals surface area contributed by atoms with Crippen LogP contribution in [0.5, 0.6) is 0 Å². The molecule has 3 fully saturated rings. The first-order chi connectivity index (χ1) is 7.48. The molecule has 0 aromatic carbocycles. The lowest BCUT2D eigenvalue weighted by atomic mass is 10.0. The lowest BCUT2D eigenvalue weighted by Gasteiger charge is -2.37. The molecule has 0 aromatic rings. The lowest BCUT2D eigenvalue weighted by Crippen LogP contribution is -2.57. The summed E-state index contributed by atoms with van der Waals surface area (Å²) in [5, 5.41) is 1.27. The van der Waals surface area contributed by atoms with Crippen molar-refractivity contribution >= 4 is 6.09 Å². The molecule has 0 radical (unpaired) electrons. The summed E-state index contributed by atoms with van der Waals surface area (Å²) in [5.41, 5.74) is 0. The quantitative estimate of drug-likeness (QED) is 0.610. The molecule has 3 aliphatic rings. The normalized spacial score (nSPS) is 45.2. The molecular formula is C10H15NO5. The van der Waals surface area contributed by atoms with Gasteiger partial charge in [-0.25, -0.2) is 4.79 Å². The minimum atomic E-state index is -0.630. The Bertz CT molecular complexity index is 331. The van der Waals surface area contributed by atoms with Gasteiger partial charge in [-0.2, -0.15) is 5.06 Å². The zero-order valence-electron chi connectivity index (χ0n) is 9.50. The smallest absolute Gasteiger partial charge is 0.434 e. The van der Waals surface area contributed by atoms with Gasteiger partial charge in [-0.05, 0) is 20.8 Å². The van der Waals surface area contributed by atoms with Crippen LogP contribution in [0.15, 0.2) is 0 Å². The fourth-order valence-electron chi connectivity index (χ4n) is 2.49. The van der Waals surface area contributed by atoms with Gasteiger partial charge in [0.05, 0.1) is 0 Å². The van der Waals surface area contributed by atoms with Crippen LogP contribution in [0.1, 0.15) is 20.8 Å². The van der Waals surface area contributed by atoms with Gasteiger partial charge in [0.2, 0.25) is 0 Å². The van der Waals surface area contributed by atoms with E-state index in [1.807, 2.05) is 20.8 Å².